The lowest BCUT2D eigenvalue weighted by molar-refractivity contribution is 0.138. The number of hydrogen-bond donors (Lipinski definition) is 4. The monoisotopic (exact) mass is 282 g/mol. The summed E-state index contributed by atoms with van der Waals surface area (Å²) in [6, 6.07) is 0. The van der Waals surface area contributed by atoms with E-state index in [1.54, 1.807) is 6.33 Å². The fraction of sp³-hybridized carbons (Fsp3) is 0.500. The Balaban J connectivity index is 2.02. The van der Waals surface area contributed by atoms with Crippen LogP contribution in [0.4, 0.5) is 11.8 Å². The van der Waals surface area contributed by atoms with Crippen LogP contribution < -0.4 is 11.5 Å². The van der Waals surface area contributed by atoms with Crippen molar-refractivity contribution in [2.45, 2.75) is 23.1 Å². The third-order valence-corrected chi connectivity index (χ3v) is 4.71. The number of rotatable bonds is 2. The average Bonchev–Trinajstić information content (AvgIpc) is 2.92. The number of nitrogens with zero attached hydrogens (tertiary/aromatic N) is 4. The standard InChI is InChI=1S/C10H14N6O2S/c11-8-7-9(15-10(12)14-8)16(3-13-7)6-1-4(18)5(2-17)19-6/h3-6,17-18H,1-2H2,(H4,11,12,14,15)/t4-,5-,6-/m0/s1. The highest BCUT2D eigenvalue weighted by Gasteiger charge is 2.35. The van der Waals surface area contributed by atoms with E-state index >= 15 is 0 Å². The number of nitrogens with two attached hydrogens (primary N) is 2. The van der Waals surface area contributed by atoms with Crippen molar-refractivity contribution in [1.29, 1.82) is 0 Å². The molecule has 0 amide bonds. The molecular weight excluding hydrogens is 268 g/mol. The molecule has 0 aromatic carbocycles. The minimum atomic E-state index is -0.547. The molecule has 0 aliphatic carbocycles. The maximum atomic E-state index is 9.84. The molecule has 1 aliphatic heterocycles. The van der Waals surface area contributed by atoms with Gasteiger partial charge in [-0.1, -0.05) is 0 Å². The first-order valence-corrected chi connectivity index (χ1v) is 6.74. The molecule has 19 heavy (non-hydrogen) atoms. The van der Waals surface area contributed by atoms with Crippen LogP contribution in [0.2, 0.25) is 0 Å². The lowest BCUT2D eigenvalue weighted by Crippen LogP contribution is -2.20. The van der Waals surface area contributed by atoms with E-state index in [0.29, 0.717) is 17.6 Å². The molecule has 3 atom stereocenters. The van der Waals surface area contributed by atoms with Crippen LogP contribution in [-0.2, 0) is 0 Å². The Hall–Kier alpha value is -1.58. The van der Waals surface area contributed by atoms with Gasteiger partial charge in [-0.3, -0.25) is 0 Å². The maximum absolute atomic E-state index is 9.84. The largest absolute Gasteiger partial charge is 0.395 e. The van der Waals surface area contributed by atoms with Crippen molar-refractivity contribution in [3.8, 4) is 0 Å². The van der Waals surface area contributed by atoms with Crippen LogP contribution in [-0.4, -0.2) is 47.7 Å². The molecule has 1 saturated heterocycles. The van der Waals surface area contributed by atoms with Gasteiger partial charge in [0, 0.05) is 6.42 Å². The van der Waals surface area contributed by atoms with Gasteiger partial charge in [0.1, 0.15) is 5.52 Å². The van der Waals surface area contributed by atoms with Gasteiger partial charge >= 0.3 is 0 Å². The first-order chi connectivity index (χ1) is 9.10. The third-order valence-electron chi connectivity index (χ3n) is 3.16. The molecule has 2 aromatic heterocycles. The van der Waals surface area contributed by atoms with E-state index < -0.39 is 6.10 Å². The predicted octanol–water partition coefficient (Wildman–Crippen LogP) is -0.652. The fourth-order valence-corrected chi connectivity index (χ4v) is 3.59. The first kappa shape index (κ1) is 12.5. The van der Waals surface area contributed by atoms with Crippen LogP contribution in [0.3, 0.4) is 0 Å². The molecule has 0 saturated carbocycles. The summed E-state index contributed by atoms with van der Waals surface area (Å²) < 4.78 is 1.81. The molecule has 2 aromatic rings. The van der Waals surface area contributed by atoms with Gasteiger partial charge in [-0.2, -0.15) is 9.97 Å². The van der Waals surface area contributed by atoms with Crippen molar-refractivity contribution in [3.05, 3.63) is 6.33 Å². The normalized spacial score (nSPS) is 27.2. The van der Waals surface area contributed by atoms with Gasteiger partial charge in [0.2, 0.25) is 5.95 Å². The second-order valence-electron chi connectivity index (χ2n) is 4.41. The molecule has 102 valence electrons. The number of nitrogen functional groups attached to an aromatic ring is 2. The van der Waals surface area contributed by atoms with Gasteiger partial charge in [-0.05, 0) is 0 Å². The Morgan fingerprint density at radius 1 is 1.42 bits per heavy atom. The number of aromatic nitrogens is 4. The van der Waals surface area contributed by atoms with Crippen LogP contribution in [0.5, 0.6) is 0 Å². The van der Waals surface area contributed by atoms with E-state index in [1.165, 1.54) is 11.8 Å². The van der Waals surface area contributed by atoms with Crippen molar-refractivity contribution >= 4 is 34.7 Å². The number of aliphatic hydroxyl groups excluding tert-OH is 2. The lowest BCUT2D eigenvalue weighted by atomic mass is 10.2. The van der Waals surface area contributed by atoms with Gasteiger partial charge in [0.25, 0.3) is 0 Å². The smallest absolute Gasteiger partial charge is 0.224 e. The molecule has 8 nitrogen and oxygen atoms in total. The van der Waals surface area contributed by atoms with Crippen molar-refractivity contribution in [1.82, 2.24) is 19.5 Å². The number of fused-ring (bicyclic) bond motifs is 1. The summed E-state index contributed by atoms with van der Waals surface area (Å²) in [5, 5.41) is 18.8. The summed E-state index contributed by atoms with van der Waals surface area (Å²) in [7, 11) is 0. The number of aliphatic hydroxyl groups is 2. The number of anilines is 2. The average molecular weight is 282 g/mol. The molecule has 3 heterocycles. The fourth-order valence-electron chi connectivity index (χ4n) is 2.22. The molecule has 6 N–H and O–H groups in total. The SMILES string of the molecule is Nc1nc(N)c2ncn([C@@H]3C[C@H](O)[C@H](CO)S3)c2n1. The summed E-state index contributed by atoms with van der Waals surface area (Å²) in [6.07, 6.45) is 1.58. The quantitative estimate of drug-likeness (QED) is 0.570. The first-order valence-electron chi connectivity index (χ1n) is 5.80. The molecular formula is C10H14N6O2S. The summed E-state index contributed by atoms with van der Waals surface area (Å²) in [4.78, 5) is 12.2. The second kappa shape index (κ2) is 4.51. The third kappa shape index (κ3) is 1.99. The maximum Gasteiger partial charge on any atom is 0.224 e. The van der Waals surface area contributed by atoms with Gasteiger partial charge in [0.05, 0.1) is 29.7 Å². The summed E-state index contributed by atoms with van der Waals surface area (Å²) in [5.74, 6) is 0.331. The summed E-state index contributed by atoms with van der Waals surface area (Å²) in [6.45, 7) is -0.0613. The van der Waals surface area contributed by atoms with E-state index in [9.17, 15) is 10.2 Å². The Bertz CT molecular complexity index is 617. The Morgan fingerprint density at radius 3 is 2.89 bits per heavy atom. The van der Waals surface area contributed by atoms with E-state index in [1.807, 2.05) is 4.57 Å². The highest BCUT2D eigenvalue weighted by molar-refractivity contribution is 8.00. The molecule has 0 unspecified atom stereocenters. The number of imidazole rings is 1. The van der Waals surface area contributed by atoms with E-state index in [0.717, 1.165) is 0 Å². The zero-order valence-electron chi connectivity index (χ0n) is 9.97. The molecule has 1 aliphatic rings. The molecule has 0 bridgehead atoms. The van der Waals surface area contributed by atoms with Crippen LogP contribution in [0.25, 0.3) is 11.2 Å². The van der Waals surface area contributed by atoms with Gasteiger partial charge in [-0.25, -0.2) is 4.98 Å². The number of thioether (sulfide) groups is 1. The van der Waals surface area contributed by atoms with Gasteiger partial charge in [-0.15, -0.1) is 11.8 Å². The van der Waals surface area contributed by atoms with Gasteiger partial charge in [0.15, 0.2) is 11.5 Å². The summed E-state index contributed by atoms with van der Waals surface area (Å²) >= 11 is 1.48. The highest BCUT2D eigenvalue weighted by Crippen LogP contribution is 2.42. The Morgan fingerprint density at radius 2 is 2.21 bits per heavy atom. The lowest BCUT2D eigenvalue weighted by Gasteiger charge is -2.11. The minimum absolute atomic E-state index is 0.0501. The zero-order valence-corrected chi connectivity index (χ0v) is 10.8. The highest BCUT2D eigenvalue weighted by atomic mass is 32.2. The van der Waals surface area contributed by atoms with Crippen molar-refractivity contribution in [3.63, 3.8) is 0 Å². The van der Waals surface area contributed by atoms with Crippen molar-refractivity contribution in [2.24, 2.45) is 0 Å². The van der Waals surface area contributed by atoms with Crippen molar-refractivity contribution < 1.29 is 10.2 Å². The van der Waals surface area contributed by atoms with Crippen LogP contribution in [0, 0.1) is 0 Å². The van der Waals surface area contributed by atoms with E-state index in [4.69, 9.17) is 11.5 Å². The Labute approximate surface area is 112 Å². The zero-order chi connectivity index (χ0) is 13.6. The minimum Gasteiger partial charge on any atom is -0.395 e. The van der Waals surface area contributed by atoms with E-state index in [2.05, 4.69) is 15.0 Å². The molecule has 3 rings (SSSR count). The van der Waals surface area contributed by atoms with Crippen LogP contribution in [0.1, 0.15) is 11.8 Å². The van der Waals surface area contributed by atoms with Crippen molar-refractivity contribution in [2.75, 3.05) is 18.1 Å². The van der Waals surface area contributed by atoms with E-state index in [-0.39, 0.29) is 29.0 Å². The van der Waals surface area contributed by atoms with Gasteiger partial charge < -0.3 is 26.2 Å². The molecule has 0 radical (unpaired) electrons. The van der Waals surface area contributed by atoms with Crippen LogP contribution >= 0.6 is 11.8 Å². The van der Waals surface area contributed by atoms with Crippen LogP contribution in [0.15, 0.2) is 6.33 Å². The number of hydrogen-bond acceptors (Lipinski definition) is 8. The molecule has 0 spiro atoms. The topological polar surface area (TPSA) is 136 Å². The second-order valence-corrected chi connectivity index (χ2v) is 5.83. The predicted molar refractivity (Wildman–Crippen MR) is 72.3 cm³/mol. The molecule has 1 fully saturated rings. The summed E-state index contributed by atoms with van der Waals surface area (Å²) in [5.41, 5.74) is 12.4. The Kier molecular flexibility index (Phi) is 2.96. The molecule has 9 heteroatoms.